The minimum atomic E-state index is 0.855. The van der Waals surface area contributed by atoms with Gasteiger partial charge in [-0.25, -0.2) is 4.98 Å². The zero-order valence-corrected chi connectivity index (χ0v) is 25.1. The number of pyridine rings is 1. The van der Waals surface area contributed by atoms with Crippen LogP contribution in [0.2, 0.25) is 0 Å². The van der Waals surface area contributed by atoms with E-state index in [4.69, 9.17) is 13.8 Å². The fourth-order valence-electron chi connectivity index (χ4n) is 7.64. The Morgan fingerprint density at radius 3 is 1.96 bits per heavy atom. The highest BCUT2D eigenvalue weighted by atomic mass is 16.3. The second-order valence-electron chi connectivity index (χ2n) is 12.3. The van der Waals surface area contributed by atoms with Gasteiger partial charge in [-0.1, -0.05) is 97.1 Å². The van der Waals surface area contributed by atoms with Gasteiger partial charge in [0.05, 0.1) is 16.6 Å². The van der Waals surface area contributed by atoms with Crippen molar-refractivity contribution in [1.82, 2.24) is 9.55 Å². The maximum absolute atomic E-state index is 6.42. The summed E-state index contributed by atoms with van der Waals surface area (Å²) in [6, 6.07) is 51.3. The van der Waals surface area contributed by atoms with Crippen molar-refractivity contribution in [2.45, 2.75) is 0 Å². The van der Waals surface area contributed by atoms with Crippen LogP contribution in [0.4, 0.5) is 0 Å². The second kappa shape index (κ2) is 9.09. The van der Waals surface area contributed by atoms with Gasteiger partial charge in [0, 0.05) is 43.1 Å². The van der Waals surface area contributed by atoms with Crippen molar-refractivity contribution in [3.63, 3.8) is 0 Å². The Labute approximate surface area is 267 Å². The van der Waals surface area contributed by atoms with Gasteiger partial charge in [0.25, 0.3) is 0 Å². The molecule has 0 unspecified atom stereocenters. The van der Waals surface area contributed by atoms with Gasteiger partial charge >= 0.3 is 0 Å². The number of aromatic nitrogens is 2. The first-order valence-corrected chi connectivity index (χ1v) is 15.9. The maximum Gasteiger partial charge on any atom is 0.138 e. The molecule has 0 saturated carbocycles. The first-order valence-electron chi connectivity index (χ1n) is 15.9. The molecule has 0 spiro atoms. The summed E-state index contributed by atoms with van der Waals surface area (Å²) in [4.78, 5) is 5.30. The van der Waals surface area contributed by atoms with Gasteiger partial charge in [0.1, 0.15) is 28.1 Å². The average molecular weight is 601 g/mol. The third-order valence-corrected chi connectivity index (χ3v) is 9.77. The van der Waals surface area contributed by atoms with Crippen LogP contribution in [-0.4, -0.2) is 9.55 Å². The second-order valence-corrected chi connectivity index (χ2v) is 12.3. The molecular formula is C43H24N2O2. The van der Waals surface area contributed by atoms with Crippen molar-refractivity contribution < 1.29 is 8.83 Å². The van der Waals surface area contributed by atoms with Crippen molar-refractivity contribution in [2.75, 3.05) is 0 Å². The quantitative estimate of drug-likeness (QED) is 0.198. The van der Waals surface area contributed by atoms with Gasteiger partial charge in [-0.05, 0) is 65.0 Å². The van der Waals surface area contributed by atoms with Gasteiger partial charge in [0.15, 0.2) is 0 Å². The Balaban J connectivity index is 1.20. The summed E-state index contributed by atoms with van der Waals surface area (Å²) in [5, 5.41) is 10.2. The maximum atomic E-state index is 6.42. The third kappa shape index (κ3) is 3.44. The Morgan fingerprint density at radius 2 is 1.09 bits per heavy atom. The van der Waals surface area contributed by atoms with Crippen molar-refractivity contribution in [1.29, 1.82) is 0 Å². The van der Waals surface area contributed by atoms with E-state index in [0.29, 0.717) is 0 Å². The van der Waals surface area contributed by atoms with Gasteiger partial charge in [-0.2, -0.15) is 0 Å². The van der Waals surface area contributed by atoms with Crippen molar-refractivity contribution in [3.8, 4) is 16.9 Å². The number of para-hydroxylation sites is 3. The zero-order valence-electron chi connectivity index (χ0n) is 25.1. The van der Waals surface area contributed by atoms with Gasteiger partial charge in [-0.3, -0.25) is 4.57 Å². The van der Waals surface area contributed by atoms with E-state index in [0.717, 1.165) is 77.2 Å². The lowest BCUT2D eigenvalue weighted by Gasteiger charge is -2.14. The molecule has 0 aliphatic heterocycles. The minimum Gasteiger partial charge on any atom is -0.456 e. The van der Waals surface area contributed by atoms with Crippen LogP contribution in [0.5, 0.6) is 0 Å². The van der Waals surface area contributed by atoms with Crippen LogP contribution in [0.1, 0.15) is 0 Å². The molecule has 0 amide bonds. The van der Waals surface area contributed by atoms with Crippen LogP contribution in [0.3, 0.4) is 0 Å². The standard InChI is InChI=1S/C43H24N2O2/c1-2-10-27-25(9-1)17-19-31-29-12-4-7-15-37(29)45(43(27)31)42-24-32(28-11-3-6-14-36(28)44-42)26-18-20-39-33(21-26)35-23-40-34(22-41(35)47-39)30-13-5-8-16-38(30)46-40/h1-24H. The first kappa shape index (κ1) is 24.9. The average Bonchev–Trinajstić information content (AvgIpc) is 3.79. The highest BCUT2D eigenvalue weighted by Gasteiger charge is 2.19. The van der Waals surface area contributed by atoms with Crippen molar-refractivity contribution in [2.24, 2.45) is 0 Å². The van der Waals surface area contributed by atoms with Crippen LogP contribution >= 0.6 is 0 Å². The number of hydrogen-bond acceptors (Lipinski definition) is 3. The van der Waals surface area contributed by atoms with Crippen LogP contribution in [-0.2, 0) is 0 Å². The van der Waals surface area contributed by atoms with Crippen molar-refractivity contribution in [3.05, 3.63) is 146 Å². The van der Waals surface area contributed by atoms with Crippen LogP contribution in [0.15, 0.2) is 154 Å². The molecule has 4 nitrogen and oxygen atoms in total. The van der Waals surface area contributed by atoms with E-state index < -0.39 is 0 Å². The molecule has 0 aliphatic carbocycles. The molecule has 0 saturated heterocycles. The molecule has 11 rings (SSSR count). The summed E-state index contributed by atoms with van der Waals surface area (Å²) < 4.78 is 15.0. The molecule has 4 aromatic heterocycles. The molecule has 7 aromatic carbocycles. The van der Waals surface area contributed by atoms with E-state index in [1.807, 2.05) is 18.2 Å². The van der Waals surface area contributed by atoms with E-state index in [9.17, 15) is 0 Å². The van der Waals surface area contributed by atoms with Gasteiger partial charge in [0.2, 0.25) is 0 Å². The molecule has 4 heteroatoms. The fraction of sp³-hybridized carbons (Fsp3) is 0. The lowest BCUT2D eigenvalue weighted by Crippen LogP contribution is -1.99. The van der Waals surface area contributed by atoms with Gasteiger partial charge in [-0.15, -0.1) is 0 Å². The summed E-state index contributed by atoms with van der Waals surface area (Å²) in [7, 11) is 0. The Hall–Kier alpha value is -6.39. The molecule has 0 fully saturated rings. The molecule has 11 aromatic rings. The van der Waals surface area contributed by atoms with E-state index in [1.165, 1.54) is 27.1 Å². The Bertz CT molecular complexity index is 3080. The van der Waals surface area contributed by atoms with Crippen LogP contribution < -0.4 is 0 Å². The molecule has 0 N–H and O–H groups in total. The molecule has 4 heterocycles. The molecule has 0 aliphatic rings. The number of fused-ring (bicyclic) bond motifs is 12. The number of nitrogens with zero attached hydrogens (tertiary/aromatic N) is 2. The molecular weight excluding hydrogens is 576 g/mol. The molecule has 0 radical (unpaired) electrons. The predicted molar refractivity (Wildman–Crippen MR) is 194 cm³/mol. The van der Waals surface area contributed by atoms with E-state index in [-0.39, 0.29) is 0 Å². The highest BCUT2D eigenvalue weighted by molar-refractivity contribution is 6.19. The SMILES string of the molecule is c1ccc2c(c1)ccc1c3ccccc3n(-c3cc(-c4ccc5oc6cc7c(cc6c5c4)oc4ccccc47)c4ccccc4n3)c21. The molecule has 0 bridgehead atoms. The van der Waals surface area contributed by atoms with Gasteiger partial charge < -0.3 is 8.83 Å². The smallest absolute Gasteiger partial charge is 0.138 e. The van der Waals surface area contributed by atoms with E-state index in [1.54, 1.807) is 0 Å². The van der Waals surface area contributed by atoms with Crippen molar-refractivity contribution >= 4 is 87.4 Å². The largest absolute Gasteiger partial charge is 0.456 e. The van der Waals surface area contributed by atoms with Crippen LogP contribution in [0, 0.1) is 0 Å². The number of furan rings is 2. The Morgan fingerprint density at radius 1 is 0.426 bits per heavy atom. The van der Waals surface area contributed by atoms with E-state index >= 15 is 0 Å². The summed E-state index contributed by atoms with van der Waals surface area (Å²) in [5.41, 5.74) is 8.95. The highest BCUT2D eigenvalue weighted by Crippen LogP contribution is 2.41. The summed E-state index contributed by atoms with van der Waals surface area (Å²) in [5.74, 6) is 0.891. The first-order chi connectivity index (χ1) is 23.3. The lowest BCUT2D eigenvalue weighted by atomic mass is 9.98. The fourth-order valence-corrected chi connectivity index (χ4v) is 7.64. The third-order valence-electron chi connectivity index (χ3n) is 9.77. The molecule has 218 valence electrons. The monoisotopic (exact) mass is 600 g/mol. The van der Waals surface area contributed by atoms with Crippen LogP contribution in [0.25, 0.3) is 104 Å². The number of benzene rings is 7. The number of rotatable bonds is 2. The summed E-state index contributed by atoms with van der Waals surface area (Å²) in [6.07, 6.45) is 0. The zero-order chi connectivity index (χ0) is 30.6. The molecule has 47 heavy (non-hydrogen) atoms. The normalized spacial score (nSPS) is 12.3. The summed E-state index contributed by atoms with van der Waals surface area (Å²) in [6.45, 7) is 0. The number of hydrogen-bond donors (Lipinski definition) is 0. The minimum absolute atomic E-state index is 0.855. The Kier molecular flexibility index (Phi) is 4.81. The van der Waals surface area contributed by atoms with E-state index in [2.05, 4.69) is 132 Å². The predicted octanol–water partition coefficient (Wildman–Crippen LogP) is 12.0. The summed E-state index contributed by atoms with van der Waals surface area (Å²) >= 11 is 0. The lowest BCUT2D eigenvalue weighted by molar-refractivity contribution is 0.664. The topological polar surface area (TPSA) is 44.1 Å². The molecule has 0 atom stereocenters.